The van der Waals surface area contributed by atoms with Crippen molar-refractivity contribution in [1.29, 1.82) is 0 Å². The molecule has 1 heterocycles. The summed E-state index contributed by atoms with van der Waals surface area (Å²) in [6, 6.07) is 7.03. The molecule has 0 saturated carbocycles. The molecule has 0 bridgehead atoms. The van der Waals surface area contributed by atoms with Crippen LogP contribution in [0.5, 0.6) is 0 Å². The molecule has 1 aromatic heterocycles. The second-order valence-electron chi connectivity index (χ2n) is 6.07. The summed E-state index contributed by atoms with van der Waals surface area (Å²) < 4.78 is 5.34. The fraction of sp³-hybridized carbons (Fsp3) is 0.400. The minimum absolute atomic E-state index is 0.0526. The molecule has 0 aliphatic heterocycles. The number of aromatic nitrogens is 2. The molecule has 0 saturated heterocycles. The summed E-state index contributed by atoms with van der Waals surface area (Å²) in [4.78, 5) is 11.8. The van der Waals surface area contributed by atoms with Crippen LogP contribution in [0.1, 0.15) is 26.7 Å². The predicted octanol–water partition coefficient (Wildman–Crippen LogP) is 3.21. The molecule has 6 nitrogen and oxygen atoms in total. The summed E-state index contributed by atoms with van der Waals surface area (Å²) >= 11 is 0. The van der Waals surface area contributed by atoms with E-state index in [1.807, 2.05) is 12.1 Å². The number of carbonyl (C=O) groups excluding carboxylic acids is 1. The zero-order chi connectivity index (χ0) is 15.5. The van der Waals surface area contributed by atoms with Crippen molar-refractivity contribution in [3.63, 3.8) is 0 Å². The third-order valence-corrected chi connectivity index (χ3v) is 2.70. The minimum Gasteiger partial charge on any atom is -0.421 e. The van der Waals surface area contributed by atoms with E-state index in [2.05, 4.69) is 41.6 Å². The zero-order valence-corrected chi connectivity index (χ0v) is 12.7. The molecular weight excluding hydrogens is 268 g/mol. The lowest BCUT2D eigenvalue weighted by atomic mass is 9.97. The fourth-order valence-corrected chi connectivity index (χ4v) is 1.63. The van der Waals surface area contributed by atoms with Crippen LogP contribution in [0.15, 0.2) is 28.7 Å². The number of hydrogen-bond acceptors (Lipinski definition) is 4. The largest absolute Gasteiger partial charge is 0.421 e. The van der Waals surface area contributed by atoms with Gasteiger partial charge in [0, 0.05) is 24.7 Å². The molecule has 2 aromatic rings. The Hall–Kier alpha value is -2.37. The SMILES string of the molecule is Cc1nnc(-c2ccc(NC(=O)NCC(C)(C)C)cc2)o1. The van der Waals surface area contributed by atoms with Crippen LogP contribution in [0.2, 0.25) is 0 Å². The van der Waals surface area contributed by atoms with Gasteiger partial charge >= 0.3 is 6.03 Å². The maximum absolute atomic E-state index is 11.8. The van der Waals surface area contributed by atoms with Crippen molar-refractivity contribution >= 4 is 11.7 Å². The predicted molar refractivity (Wildman–Crippen MR) is 80.9 cm³/mol. The quantitative estimate of drug-likeness (QED) is 0.908. The van der Waals surface area contributed by atoms with Gasteiger partial charge in [0.25, 0.3) is 0 Å². The number of benzene rings is 1. The van der Waals surface area contributed by atoms with E-state index in [9.17, 15) is 4.79 Å². The molecule has 0 aliphatic carbocycles. The Labute approximate surface area is 124 Å². The first-order chi connectivity index (χ1) is 9.83. The molecular formula is C15H20N4O2. The first kappa shape index (κ1) is 15.0. The second-order valence-corrected chi connectivity index (χ2v) is 6.07. The molecule has 0 fully saturated rings. The number of rotatable bonds is 3. The third kappa shape index (κ3) is 4.59. The van der Waals surface area contributed by atoms with Gasteiger partial charge in [0.15, 0.2) is 0 Å². The van der Waals surface area contributed by atoms with Gasteiger partial charge in [-0.05, 0) is 29.7 Å². The van der Waals surface area contributed by atoms with Gasteiger partial charge in [-0.1, -0.05) is 20.8 Å². The summed E-state index contributed by atoms with van der Waals surface area (Å²) in [6.07, 6.45) is 0. The minimum atomic E-state index is -0.216. The Morgan fingerprint density at radius 3 is 2.38 bits per heavy atom. The van der Waals surface area contributed by atoms with Gasteiger partial charge in [-0.3, -0.25) is 0 Å². The molecule has 0 radical (unpaired) electrons. The van der Waals surface area contributed by atoms with E-state index >= 15 is 0 Å². The molecule has 6 heteroatoms. The number of hydrogen-bond donors (Lipinski definition) is 2. The maximum Gasteiger partial charge on any atom is 0.319 e. The molecule has 0 unspecified atom stereocenters. The molecule has 112 valence electrons. The molecule has 21 heavy (non-hydrogen) atoms. The van der Waals surface area contributed by atoms with Crippen LogP contribution in [0, 0.1) is 12.3 Å². The second kappa shape index (κ2) is 5.95. The number of urea groups is 1. The Balaban J connectivity index is 1.95. The summed E-state index contributed by atoms with van der Waals surface area (Å²) in [6.45, 7) is 8.54. The highest BCUT2D eigenvalue weighted by Gasteiger charge is 2.12. The highest BCUT2D eigenvalue weighted by atomic mass is 16.4. The van der Waals surface area contributed by atoms with Crippen molar-refractivity contribution in [3.8, 4) is 11.5 Å². The Kier molecular flexibility index (Phi) is 4.26. The van der Waals surface area contributed by atoms with Gasteiger partial charge in [0.05, 0.1) is 0 Å². The highest BCUT2D eigenvalue weighted by Crippen LogP contribution is 2.20. The molecule has 2 amide bonds. The molecule has 2 N–H and O–H groups in total. The lowest BCUT2D eigenvalue weighted by Crippen LogP contribution is -2.35. The van der Waals surface area contributed by atoms with Gasteiger partial charge in [-0.25, -0.2) is 4.79 Å². The van der Waals surface area contributed by atoms with Crippen molar-refractivity contribution in [2.24, 2.45) is 5.41 Å². The maximum atomic E-state index is 11.8. The number of anilines is 1. The number of amides is 2. The van der Waals surface area contributed by atoms with E-state index in [0.29, 0.717) is 24.0 Å². The van der Waals surface area contributed by atoms with Gasteiger partial charge in [0.2, 0.25) is 11.8 Å². The van der Waals surface area contributed by atoms with Gasteiger partial charge in [-0.15, -0.1) is 10.2 Å². The van der Waals surface area contributed by atoms with E-state index in [4.69, 9.17) is 4.42 Å². The van der Waals surface area contributed by atoms with Crippen LogP contribution in [0.3, 0.4) is 0 Å². The number of carbonyl (C=O) groups is 1. The van der Waals surface area contributed by atoms with Crippen LogP contribution in [0.25, 0.3) is 11.5 Å². The van der Waals surface area contributed by atoms with Crippen LogP contribution in [-0.2, 0) is 0 Å². The normalized spacial score (nSPS) is 11.2. The summed E-state index contributed by atoms with van der Waals surface area (Å²) in [7, 11) is 0. The highest BCUT2D eigenvalue weighted by molar-refractivity contribution is 5.89. The van der Waals surface area contributed by atoms with E-state index in [1.165, 1.54) is 0 Å². The van der Waals surface area contributed by atoms with Crippen molar-refractivity contribution < 1.29 is 9.21 Å². The van der Waals surface area contributed by atoms with E-state index in [1.54, 1.807) is 19.1 Å². The van der Waals surface area contributed by atoms with E-state index < -0.39 is 0 Å². The van der Waals surface area contributed by atoms with Crippen LogP contribution < -0.4 is 10.6 Å². The monoisotopic (exact) mass is 288 g/mol. The third-order valence-electron chi connectivity index (χ3n) is 2.70. The van der Waals surface area contributed by atoms with Gasteiger partial charge in [-0.2, -0.15) is 0 Å². The Morgan fingerprint density at radius 2 is 1.86 bits per heavy atom. The number of nitrogens with zero attached hydrogens (tertiary/aromatic N) is 2. The van der Waals surface area contributed by atoms with Crippen molar-refractivity contribution in [2.75, 3.05) is 11.9 Å². The average Bonchev–Trinajstić information content (AvgIpc) is 2.83. The van der Waals surface area contributed by atoms with Crippen molar-refractivity contribution in [1.82, 2.24) is 15.5 Å². The Morgan fingerprint density at radius 1 is 1.19 bits per heavy atom. The molecule has 0 aliphatic rings. The lowest BCUT2D eigenvalue weighted by molar-refractivity contribution is 0.247. The summed E-state index contributed by atoms with van der Waals surface area (Å²) in [5.41, 5.74) is 1.58. The first-order valence-corrected chi connectivity index (χ1v) is 6.79. The number of nitrogens with one attached hydrogen (secondary N) is 2. The topological polar surface area (TPSA) is 80.0 Å². The van der Waals surface area contributed by atoms with E-state index in [-0.39, 0.29) is 11.4 Å². The summed E-state index contributed by atoms with van der Waals surface area (Å²) in [5.74, 6) is 0.991. The zero-order valence-electron chi connectivity index (χ0n) is 12.7. The van der Waals surface area contributed by atoms with Crippen molar-refractivity contribution in [2.45, 2.75) is 27.7 Å². The first-order valence-electron chi connectivity index (χ1n) is 6.79. The van der Waals surface area contributed by atoms with Crippen LogP contribution >= 0.6 is 0 Å². The average molecular weight is 288 g/mol. The standard InChI is InChI=1S/C15H20N4O2/c1-10-18-19-13(21-10)11-5-7-12(8-6-11)17-14(20)16-9-15(2,3)4/h5-8H,9H2,1-4H3,(H2,16,17,20). The molecule has 1 aromatic carbocycles. The molecule has 2 rings (SSSR count). The summed E-state index contributed by atoms with van der Waals surface area (Å²) in [5, 5.41) is 13.3. The molecule has 0 atom stereocenters. The number of aryl methyl sites for hydroxylation is 1. The van der Waals surface area contributed by atoms with Gasteiger partial charge < -0.3 is 15.1 Å². The van der Waals surface area contributed by atoms with Gasteiger partial charge in [0.1, 0.15) is 0 Å². The van der Waals surface area contributed by atoms with Crippen LogP contribution in [-0.4, -0.2) is 22.8 Å². The molecule has 0 spiro atoms. The van der Waals surface area contributed by atoms with Crippen molar-refractivity contribution in [3.05, 3.63) is 30.2 Å². The fourth-order valence-electron chi connectivity index (χ4n) is 1.63. The lowest BCUT2D eigenvalue weighted by Gasteiger charge is -2.18. The Bertz CT molecular complexity index is 611. The smallest absolute Gasteiger partial charge is 0.319 e. The van der Waals surface area contributed by atoms with E-state index in [0.717, 1.165) is 5.56 Å². The van der Waals surface area contributed by atoms with Crippen LogP contribution in [0.4, 0.5) is 10.5 Å².